The molecule has 3 aromatic rings. The van der Waals surface area contributed by atoms with Crippen molar-refractivity contribution in [3.8, 4) is 10.6 Å². The first-order chi connectivity index (χ1) is 11.6. The van der Waals surface area contributed by atoms with Crippen molar-refractivity contribution in [3.63, 3.8) is 0 Å². The molecule has 5 heteroatoms. The van der Waals surface area contributed by atoms with E-state index >= 15 is 0 Å². The van der Waals surface area contributed by atoms with Crippen LogP contribution in [0.25, 0.3) is 16.6 Å². The summed E-state index contributed by atoms with van der Waals surface area (Å²) in [6.07, 6.45) is 3.40. The van der Waals surface area contributed by atoms with Gasteiger partial charge in [0.25, 0.3) is 0 Å². The second-order valence-corrected chi connectivity index (χ2v) is 7.27. The summed E-state index contributed by atoms with van der Waals surface area (Å²) in [5, 5.41) is 8.00. The van der Waals surface area contributed by atoms with Crippen molar-refractivity contribution in [2.45, 2.75) is 19.9 Å². The first-order valence-corrected chi connectivity index (χ1v) is 9.43. The van der Waals surface area contributed by atoms with Crippen molar-refractivity contribution in [3.05, 3.63) is 69.4 Å². The van der Waals surface area contributed by atoms with E-state index in [1.807, 2.05) is 54.9 Å². The number of amides is 1. The van der Waals surface area contributed by atoms with Gasteiger partial charge in [0.2, 0.25) is 5.91 Å². The maximum absolute atomic E-state index is 12.1. The molecule has 0 aliphatic rings. The monoisotopic (exact) mass is 354 g/mol. The second kappa shape index (κ2) is 7.55. The van der Waals surface area contributed by atoms with Gasteiger partial charge in [0.1, 0.15) is 5.01 Å². The highest BCUT2D eigenvalue weighted by atomic mass is 32.1. The lowest BCUT2D eigenvalue weighted by Crippen LogP contribution is -2.24. The number of rotatable bonds is 5. The molecule has 0 saturated heterocycles. The van der Waals surface area contributed by atoms with Crippen LogP contribution in [0.4, 0.5) is 0 Å². The fourth-order valence-electron chi connectivity index (χ4n) is 2.38. The third kappa shape index (κ3) is 3.99. The van der Waals surface area contributed by atoms with E-state index in [2.05, 4.69) is 22.4 Å². The minimum absolute atomic E-state index is 0.0698. The van der Waals surface area contributed by atoms with Crippen LogP contribution in [0, 0.1) is 6.92 Å². The Morgan fingerprint density at radius 2 is 2.04 bits per heavy atom. The van der Waals surface area contributed by atoms with Crippen LogP contribution >= 0.6 is 22.7 Å². The number of hydrogen-bond donors (Lipinski definition) is 1. The third-order valence-electron chi connectivity index (χ3n) is 3.58. The smallest absolute Gasteiger partial charge is 0.244 e. The van der Waals surface area contributed by atoms with Crippen LogP contribution < -0.4 is 5.32 Å². The molecule has 1 aromatic carbocycles. The van der Waals surface area contributed by atoms with Crippen LogP contribution in [-0.2, 0) is 4.79 Å². The number of hydrogen-bond acceptors (Lipinski definition) is 4. The number of carbonyl (C=O) groups is 1. The van der Waals surface area contributed by atoms with Gasteiger partial charge in [-0.25, -0.2) is 4.98 Å². The Labute approximate surface area is 149 Å². The first-order valence-electron chi connectivity index (χ1n) is 7.67. The fraction of sp³-hybridized carbons (Fsp3) is 0.158. The summed E-state index contributed by atoms with van der Waals surface area (Å²) in [6, 6.07) is 12.0. The zero-order valence-corrected chi connectivity index (χ0v) is 15.2. The largest absolute Gasteiger partial charge is 0.345 e. The summed E-state index contributed by atoms with van der Waals surface area (Å²) in [5.41, 5.74) is 3.12. The van der Waals surface area contributed by atoms with Crippen molar-refractivity contribution in [2.75, 3.05) is 0 Å². The van der Waals surface area contributed by atoms with Crippen LogP contribution in [0.15, 0.2) is 53.2 Å². The van der Waals surface area contributed by atoms with E-state index in [0.29, 0.717) is 0 Å². The lowest BCUT2D eigenvalue weighted by Gasteiger charge is -2.10. The quantitative estimate of drug-likeness (QED) is 0.650. The molecule has 2 aromatic heterocycles. The molecule has 24 heavy (non-hydrogen) atoms. The molecule has 0 aliphatic carbocycles. The Morgan fingerprint density at radius 1 is 1.25 bits per heavy atom. The minimum Gasteiger partial charge on any atom is -0.345 e. The van der Waals surface area contributed by atoms with E-state index in [4.69, 9.17) is 0 Å². The molecule has 1 N–H and O–H groups in total. The zero-order chi connectivity index (χ0) is 16.9. The van der Waals surface area contributed by atoms with Crippen molar-refractivity contribution in [2.24, 2.45) is 0 Å². The summed E-state index contributed by atoms with van der Waals surface area (Å²) in [7, 11) is 0. The van der Waals surface area contributed by atoms with Gasteiger partial charge in [-0.2, -0.15) is 11.3 Å². The van der Waals surface area contributed by atoms with E-state index in [-0.39, 0.29) is 11.9 Å². The molecule has 3 rings (SSSR count). The normalized spacial score (nSPS) is 12.4. The predicted molar refractivity (Wildman–Crippen MR) is 102 cm³/mol. The summed E-state index contributed by atoms with van der Waals surface area (Å²) in [5.74, 6) is -0.0947. The van der Waals surface area contributed by atoms with Gasteiger partial charge in [-0.1, -0.05) is 30.3 Å². The molecule has 2 heterocycles. The number of carbonyl (C=O) groups excluding carboxylic acids is 1. The topological polar surface area (TPSA) is 42.0 Å². The number of nitrogens with one attached hydrogen (secondary N) is 1. The van der Waals surface area contributed by atoms with Crippen molar-refractivity contribution in [1.82, 2.24) is 10.3 Å². The molecule has 0 spiro atoms. The van der Waals surface area contributed by atoms with E-state index in [1.165, 1.54) is 0 Å². The second-order valence-electron chi connectivity index (χ2n) is 5.45. The number of thiazole rings is 1. The van der Waals surface area contributed by atoms with Gasteiger partial charge in [0.05, 0.1) is 16.6 Å². The Balaban J connectivity index is 1.70. The van der Waals surface area contributed by atoms with E-state index < -0.39 is 0 Å². The van der Waals surface area contributed by atoms with Gasteiger partial charge in [-0.05, 0) is 42.3 Å². The number of aryl methyl sites for hydroxylation is 1. The first kappa shape index (κ1) is 16.6. The lowest BCUT2D eigenvalue weighted by atomic mass is 10.2. The maximum Gasteiger partial charge on any atom is 0.244 e. The average molecular weight is 354 g/mol. The number of benzene rings is 1. The highest BCUT2D eigenvalue weighted by Gasteiger charge is 2.16. The SMILES string of the molecule is Cc1nc(-c2ccccc2)sc1C(C)NC(=O)/C=C/c1ccsc1. The summed E-state index contributed by atoms with van der Waals surface area (Å²) in [4.78, 5) is 17.8. The third-order valence-corrected chi connectivity index (χ3v) is 5.67. The Hall–Kier alpha value is -2.24. The molecule has 1 unspecified atom stereocenters. The van der Waals surface area contributed by atoms with Crippen LogP contribution in [-0.4, -0.2) is 10.9 Å². The predicted octanol–water partition coefficient (Wildman–Crippen LogP) is 5.07. The molecule has 0 saturated carbocycles. The van der Waals surface area contributed by atoms with Gasteiger partial charge < -0.3 is 5.32 Å². The van der Waals surface area contributed by atoms with Crippen LogP contribution in [0.3, 0.4) is 0 Å². The molecule has 0 bridgehead atoms. The van der Waals surface area contributed by atoms with Crippen molar-refractivity contribution in [1.29, 1.82) is 0 Å². The van der Waals surface area contributed by atoms with Gasteiger partial charge >= 0.3 is 0 Å². The lowest BCUT2D eigenvalue weighted by molar-refractivity contribution is -0.117. The zero-order valence-electron chi connectivity index (χ0n) is 13.5. The van der Waals surface area contributed by atoms with Crippen molar-refractivity contribution >= 4 is 34.7 Å². The van der Waals surface area contributed by atoms with E-state index in [1.54, 1.807) is 28.7 Å². The van der Waals surface area contributed by atoms with Crippen LogP contribution in [0.5, 0.6) is 0 Å². The van der Waals surface area contributed by atoms with E-state index in [0.717, 1.165) is 26.7 Å². The van der Waals surface area contributed by atoms with Gasteiger partial charge in [-0.15, -0.1) is 11.3 Å². The Kier molecular flexibility index (Phi) is 5.23. The van der Waals surface area contributed by atoms with Gasteiger partial charge in [0.15, 0.2) is 0 Å². The molecule has 122 valence electrons. The van der Waals surface area contributed by atoms with Crippen LogP contribution in [0.1, 0.15) is 29.1 Å². The molecule has 1 atom stereocenters. The molecular weight excluding hydrogens is 336 g/mol. The summed E-state index contributed by atoms with van der Waals surface area (Å²) >= 11 is 3.25. The standard InChI is InChI=1S/C19H18N2OS2/c1-13(20-17(22)9-8-15-10-11-23-12-15)18-14(2)21-19(24-18)16-6-4-3-5-7-16/h3-13H,1-2H3,(H,20,22)/b9-8+. The molecule has 1 amide bonds. The number of aromatic nitrogens is 1. The van der Waals surface area contributed by atoms with Crippen molar-refractivity contribution < 1.29 is 4.79 Å². The Bertz CT molecular complexity index is 836. The molecule has 0 radical (unpaired) electrons. The van der Waals surface area contributed by atoms with Gasteiger partial charge in [-0.3, -0.25) is 4.79 Å². The molecular formula is C19H18N2OS2. The van der Waals surface area contributed by atoms with Crippen LogP contribution in [0.2, 0.25) is 0 Å². The number of thiophene rings is 1. The highest BCUT2D eigenvalue weighted by molar-refractivity contribution is 7.15. The fourth-order valence-corrected chi connectivity index (χ4v) is 4.09. The summed E-state index contributed by atoms with van der Waals surface area (Å²) < 4.78 is 0. The molecule has 0 aliphatic heterocycles. The maximum atomic E-state index is 12.1. The van der Waals surface area contributed by atoms with Gasteiger partial charge in [0, 0.05) is 11.6 Å². The highest BCUT2D eigenvalue weighted by Crippen LogP contribution is 2.31. The molecule has 3 nitrogen and oxygen atoms in total. The average Bonchev–Trinajstić information content (AvgIpc) is 3.23. The number of nitrogens with zero attached hydrogens (tertiary/aromatic N) is 1. The Morgan fingerprint density at radius 3 is 2.75 bits per heavy atom. The summed E-state index contributed by atoms with van der Waals surface area (Å²) in [6.45, 7) is 3.98. The molecule has 0 fully saturated rings. The minimum atomic E-state index is -0.0947. The van der Waals surface area contributed by atoms with E-state index in [9.17, 15) is 4.79 Å².